The van der Waals surface area contributed by atoms with Crippen molar-refractivity contribution in [3.8, 4) is 11.4 Å². The van der Waals surface area contributed by atoms with Gasteiger partial charge in [0.05, 0.1) is 18.0 Å². The minimum Gasteiger partial charge on any atom is -0.356 e. The number of carbonyl (C=O) groups is 1. The number of rotatable bonds is 5. The third-order valence-corrected chi connectivity index (χ3v) is 6.93. The molecule has 1 aromatic heterocycles. The van der Waals surface area contributed by atoms with Crippen LogP contribution in [0.15, 0.2) is 65.6 Å². The van der Waals surface area contributed by atoms with Gasteiger partial charge >= 0.3 is 0 Å². The van der Waals surface area contributed by atoms with E-state index in [4.69, 9.17) is 9.97 Å². The van der Waals surface area contributed by atoms with Gasteiger partial charge in [-0.05, 0) is 25.0 Å². The van der Waals surface area contributed by atoms with E-state index in [2.05, 4.69) is 17.0 Å². The van der Waals surface area contributed by atoms with Crippen LogP contribution in [-0.4, -0.2) is 46.2 Å². The average Bonchev–Trinajstić information content (AvgIpc) is 3.37. The van der Waals surface area contributed by atoms with E-state index in [-0.39, 0.29) is 5.91 Å². The zero-order valence-electron chi connectivity index (χ0n) is 17.5. The number of hydrogen-bond acceptors (Lipinski definition) is 5. The maximum atomic E-state index is 13.0. The highest BCUT2D eigenvalue weighted by Crippen LogP contribution is 2.32. The summed E-state index contributed by atoms with van der Waals surface area (Å²) in [6, 6.07) is 20.3. The molecule has 31 heavy (non-hydrogen) atoms. The number of benzene rings is 2. The first-order chi connectivity index (χ1) is 15.3. The van der Waals surface area contributed by atoms with Crippen molar-refractivity contribution in [2.75, 3.05) is 30.3 Å². The van der Waals surface area contributed by atoms with Crippen molar-refractivity contribution in [3.63, 3.8) is 0 Å². The van der Waals surface area contributed by atoms with Gasteiger partial charge < -0.3 is 9.80 Å². The Morgan fingerprint density at radius 3 is 2.35 bits per heavy atom. The van der Waals surface area contributed by atoms with Crippen LogP contribution in [0.25, 0.3) is 11.4 Å². The molecular weight excluding hydrogens is 404 g/mol. The molecule has 158 valence electrons. The number of anilines is 1. The molecule has 2 aliphatic heterocycles. The highest BCUT2D eigenvalue weighted by atomic mass is 32.2. The monoisotopic (exact) mass is 430 g/mol. The zero-order valence-corrected chi connectivity index (χ0v) is 18.4. The van der Waals surface area contributed by atoms with E-state index >= 15 is 0 Å². The summed E-state index contributed by atoms with van der Waals surface area (Å²) >= 11 is 1.60. The summed E-state index contributed by atoms with van der Waals surface area (Å²) < 4.78 is 0. The number of thioether (sulfide) groups is 1. The lowest BCUT2D eigenvalue weighted by molar-refractivity contribution is -0.129. The van der Waals surface area contributed by atoms with Crippen molar-refractivity contribution in [1.29, 1.82) is 0 Å². The molecule has 2 aliphatic rings. The second-order valence-electron chi connectivity index (χ2n) is 8.02. The molecule has 5 nitrogen and oxygen atoms in total. The van der Waals surface area contributed by atoms with Crippen molar-refractivity contribution >= 4 is 23.5 Å². The Balaban J connectivity index is 1.40. The number of nitrogens with zero attached hydrogens (tertiary/aromatic N) is 4. The molecular formula is C25H26N4OS. The second-order valence-corrected chi connectivity index (χ2v) is 9.07. The van der Waals surface area contributed by atoms with Gasteiger partial charge in [0.15, 0.2) is 5.82 Å². The maximum Gasteiger partial charge on any atom is 0.233 e. The van der Waals surface area contributed by atoms with E-state index in [0.29, 0.717) is 18.8 Å². The minimum absolute atomic E-state index is 0.180. The summed E-state index contributed by atoms with van der Waals surface area (Å²) in [5, 5.41) is 0. The fourth-order valence-corrected chi connectivity index (χ4v) is 5.09. The Kier molecular flexibility index (Phi) is 5.89. The van der Waals surface area contributed by atoms with Gasteiger partial charge in [-0.15, -0.1) is 11.8 Å². The van der Waals surface area contributed by atoms with Crippen LogP contribution in [0, 0.1) is 0 Å². The highest BCUT2D eigenvalue weighted by Gasteiger charge is 2.28. The summed E-state index contributed by atoms with van der Waals surface area (Å²) in [6.07, 6.45) is 3.16. The van der Waals surface area contributed by atoms with Gasteiger partial charge in [0, 0.05) is 42.1 Å². The minimum atomic E-state index is 0.180. The summed E-state index contributed by atoms with van der Waals surface area (Å²) in [7, 11) is 0. The Hall–Kier alpha value is -2.86. The Bertz CT molecular complexity index is 1050. The topological polar surface area (TPSA) is 49.3 Å². The maximum absolute atomic E-state index is 13.0. The Morgan fingerprint density at radius 1 is 0.903 bits per heavy atom. The van der Waals surface area contributed by atoms with Gasteiger partial charge in [-0.2, -0.15) is 0 Å². The first kappa shape index (κ1) is 20.1. The van der Waals surface area contributed by atoms with Crippen molar-refractivity contribution in [1.82, 2.24) is 14.9 Å². The van der Waals surface area contributed by atoms with Crippen LogP contribution in [0.2, 0.25) is 0 Å². The molecule has 0 atom stereocenters. The SMILES string of the molecule is O=C(CSc1ccccc1)N1CCc2nc(-c3ccccc3)nc(N3CCCC3)c2C1. The quantitative estimate of drug-likeness (QED) is 0.561. The molecule has 0 saturated carbocycles. The number of fused-ring (bicyclic) bond motifs is 1. The molecule has 3 heterocycles. The van der Waals surface area contributed by atoms with Crippen molar-refractivity contribution in [2.45, 2.75) is 30.7 Å². The second kappa shape index (κ2) is 9.10. The first-order valence-electron chi connectivity index (χ1n) is 10.9. The molecule has 6 heteroatoms. The Morgan fingerprint density at radius 2 is 1.61 bits per heavy atom. The molecule has 0 N–H and O–H groups in total. The number of hydrogen-bond donors (Lipinski definition) is 0. The van der Waals surface area contributed by atoms with E-state index in [1.807, 2.05) is 53.4 Å². The summed E-state index contributed by atoms with van der Waals surface area (Å²) in [5.74, 6) is 2.45. The molecule has 2 aromatic carbocycles. The van der Waals surface area contributed by atoms with E-state index in [1.54, 1.807) is 11.8 Å². The molecule has 3 aromatic rings. The van der Waals surface area contributed by atoms with Crippen LogP contribution >= 0.6 is 11.8 Å². The van der Waals surface area contributed by atoms with Gasteiger partial charge in [0.1, 0.15) is 5.82 Å². The van der Waals surface area contributed by atoms with Gasteiger partial charge in [0.25, 0.3) is 0 Å². The van der Waals surface area contributed by atoms with Crippen LogP contribution < -0.4 is 4.90 Å². The Labute approximate surface area is 187 Å². The molecule has 0 aliphatic carbocycles. The number of amides is 1. The zero-order chi connectivity index (χ0) is 21.0. The molecule has 1 fully saturated rings. The van der Waals surface area contributed by atoms with Crippen molar-refractivity contribution < 1.29 is 4.79 Å². The molecule has 1 saturated heterocycles. The van der Waals surface area contributed by atoms with Crippen LogP contribution in [-0.2, 0) is 17.8 Å². The lowest BCUT2D eigenvalue weighted by atomic mass is 10.0. The largest absolute Gasteiger partial charge is 0.356 e. The summed E-state index contributed by atoms with van der Waals surface area (Å²) in [6.45, 7) is 3.36. The number of aromatic nitrogens is 2. The molecule has 0 unspecified atom stereocenters. The molecule has 0 bridgehead atoms. The van der Waals surface area contributed by atoms with E-state index in [0.717, 1.165) is 52.9 Å². The first-order valence-corrected chi connectivity index (χ1v) is 11.9. The van der Waals surface area contributed by atoms with Crippen LogP contribution in [0.5, 0.6) is 0 Å². The lowest BCUT2D eigenvalue weighted by Gasteiger charge is -2.32. The van der Waals surface area contributed by atoms with Crippen molar-refractivity contribution in [3.05, 3.63) is 71.9 Å². The van der Waals surface area contributed by atoms with Crippen LogP contribution in [0.4, 0.5) is 5.82 Å². The smallest absolute Gasteiger partial charge is 0.233 e. The third kappa shape index (κ3) is 4.44. The van der Waals surface area contributed by atoms with Gasteiger partial charge in [-0.3, -0.25) is 4.79 Å². The lowest BCUT2D eigenvalue weighted by Crippen LogP contribution is -2.39. The normalized spacial score (nSPS) is 15.7. The highest BCUT2D eigenvalue weighted by molar-refractivity contribution is 8.00. The van der Waals surface area contributed by atoms with Crippen molar-refractivity contribution in [2.24, 2.45) is 0 Å². The predicted octanol–water partition coefficient (Wildman–Crippen LogP) is 4.42. The van der Waals surface area contributed by atoms with E-state index in [1.165, 1.54) is 12.8 Å². The standard InChI is InChI=1S/C25H26N4OS/c30-23(18-31-20-11-5-2-6-12-20)29-16-13-22-21(17-29)25(28-14-7-8-15-28)27-24(26-22)19-9-3-1-4-10-19/h1-6,9-12H,7-8,13-18H2. The fourth-order valence-electron chi connectivity index (χ4n) is 4.27. The molecule has 5 rings (SSSR count). The van der Waals surface area contributed by atoms with Crippen LogP contribution in [0.1, 0.15) is 24.1 Å². The van der Waals surface area contributed by atoms with Gasteiger partial charge in [0.2, 0.25) is 5.91 Å². The van der Waals surface area contributed by atoms with Crippen LogP contribution in [0.3, 0.4) is 0 Å². The van der Waals surface area contributed by atoms with Gasteiger partial charge in [-0.1, -0.05) is 48.5 Å². The average molecular weight is 431 g/mol. The summed E-state index contributed by atoms with van der Waals surface area (Å²) in [5.41, 5.74) is 3.27. The fraction of sp³-hybridized carbons (Fsp3) is 0.320. The molecule has 0 radical (unpaired) electrons. The van der Waals surface area contributed by atoms with E-state index < -0.39 is 0 Å². The summed E-state index contributed by atoms with van der Waals surface area (Å²) in [4.78, 5) is 28.3. The predicted molar refractivity (Wildman–Crippen MR) is 125 cm³/mol. The van der Waals surface area contributed by atoms with E-state index in [9.17, 15) is 4.79 Å². The third-order valence-electron chi connectivity index (χ3n) is 5.93. The molecule has 0 spiro atoms. The molecule has 1 amide bonds. The number of carbonyl (C=O) groups excluding carboxylic acids is 1. The van der Waals surface area contributed by atoms with Gasteiger partial charge in [-0.25, -0.2) is 9.97 Å².